The third-order valence-corrected chi connectivity index (χ3v) is 4.34. The fourth-order valence-corrected chi connectivity index (χ4v) is 2.84. The molecule has 0 atom stereocenters. The number of carbonyl (C=O) groups is 1. The van der Waals surface area contributed by atoms with Crippen LogP contribution in [0, 0.1) is 0 Å². The topological polar surface area (TPSA) is 64.0 Å². The number of rotatable bonds is 5. The second kappa shape index (κ2) is 7.81. The molecule has 126 valence electrons. The van der Waals surface area contributed by atoms with E-state index >= 15 is 0 Å². The SMILES string of the molecule is CSc1cccc(NC(=O)Cn2cc(-c3ccccc3)ncc2=O)c1. The van der Waals surface area contributed by atoms with E-state index in [2.05, 4.69) is 10.3 Å². The fraction of sp³-hybridized carbons (Fsp3) is 0.105. The number of aromatic nitrogens is 2. The molecule has 1 aromatic heterocycles. The van der Waals surface area contributed by atoms with Crippen molar-refractivity contribution in [2.45, 2.75) is 11.4 Å². The number of amides is 1. The molecule has 0 aliphatic rings. The van der Waals surface area contributed by atoms with Crippen LogP contribution in [0.4, 0.5) is 5.69 Å². The first-order valence-corrected chi connectivity index (χ1v) is 8.94. The standard InChI is InChI=1S/C19H17N3O2S/c1-25-16-9-5-8-15(10-16)21-18(23)13-22-12-17(20-11-19(22)24)14-6-3-2-4-7-14/h2-12H,13H2,1H3,(H,21,23). The first-order chi connectivity index (χ1) is 12.2. The molecule has 25 heavy (non-hydrogen) atoms. The molecule has 1 N–H and O–H groups in total. The molecule has 0 saturated heterocycles. The van der Waals surface area contributed by atoms with Gasteiger partial charge in [-0.1, -0.05) is 36.4 Å². The van der Waals surface area contributed by atoms with Crippen LogP contribution in [0.15, 0.2) is 76.7 Å². The minimum atomic E-state index is -0.312. The number of hydrogen-bond donors (Lipinski definition) is 1. The van der Waals surface area contributed by atoms with Crippen molar-refractivity contribution in [1.29, 1.82) is 0 Å². The van der Waals surface area contributed by atoms with Gasteiger partial charge in [0.25, 0.3) is 5.56 Å². The van der Waals surface area contributed by atoms with Gasteiger partial charge in [-0.2, -0.15) is 0 Å². The third-order valence-electron chi connectivity index (χ3n) is 3.61. The highest BCUT2D eigenvalue weighted by Crippen LogP contribution is 2.19. The number of thioether (sulfide) groups is 1. The smallest absolute Gasteiger partial charge is 0.269 e. The second-order valence-electron chi connectivity index (χ2n) is 5.38. The highest BCUT2D eigenvalue weighted by Gasteiger charge is 2.08. The van der Waals surface area contributed by atoms with E-state index in [0.717, 1.165) is 10.5 Å². The van der Waals surface area contributed by atoms with Gasteiger partial charge in [0.2, 0.25) is 5.91 Å². The van der Waals surface area contributed by atoms with Gasteiger partial charge in [-0.05, 0) is 24.5 Å². The van der Waals surface area contributed by atoms with E-state index in [1.807, 2.05) is 60.9 Å². The molecule has 5 nitrogen and oxygen atoms in total. The quantitative estimate of drug-likeness (QED) is 0.717. The van der Waals surface area contributed by atoms with Gasteiger partial charge in [0.1, 0.15) is 6.54 Å². The zero-order chi connectivity index (χ0) is 17.6. The normalized spacial score (nSPS) is 10.4. The molecule has 0 bridgehead atoms. The van der Waals surface area contributed by atoms with Gasteiger partial charge < -0.3 is 9.88 Å². The molecule has 0 aliphatic heterocycles. The summed E-state index contributed by atoms with van der Waals surface area (Å²) in [6.07, 6.45) is 4.82. The third kappa shape index (κ3) is 4.36. The molecule has 0 saturated carbocycles. The Bertz CT molecular complexity index is 939. The molecule has 1 heterocycles. The van der Waals surface area contributed by atoms with Crippen molar-refractivity contribution in [3.05, 3.63) is 77.3 Å². The van der Waals surface area contributed by atoms with Crippen LogP contribution in [-0.2, 0) is 11.3 Å². The van der Waals surface area contributed by atoms with E-state index < -0.39 is 0 Å². The van der Waals surface area contributed by atoms with Gasteiger partial charge in [-0.25, -0.2) is 4.98 Å². The summed E-state index contributed by atoms with van der Waals surface area (Å²) in [6.45, 7) is -0.0648. The van der Waals surface area contributed by atoms with Crippen molar-refractivity contribution in [3.63, 3.8) is 0 Å². The van der Waals surface area contributed by atoms with E-state index in [9.17, 15) is 9.59 Å². The average Bonchev–Trinajstić information content (AvgIpc) is 2.64. The van der Waals surface area contributed by atoms with Gasteiger partial charge in [0, 0.05) is 22.3 Å². The Labute approximate surface area is 149 Å². The van der Waals surface area contributed by atoms with Gasteiger partial charge in [0.05, 0.1) is 11.9 Å². The molecule has 0 fully saturated rings. The zero-order valence-electron chi connectivity index (χ0n) is 13.7. The van der Waals surface area contributed by atoms with Gasteiger partial charge in [-0.3, -0.25) is 9.59 Å². The van der Waals surface area contributed by atoms with Crippen molar-refractivity contribution in [1.82, 2.24) is 9.55 Å². The van der Waals surface area contributed by atoms with Gasteiger partial charge in [-0.15, -0.1) is 11.8 Å². The van der Waals surface area contributed by atoms with E-state index in [-0.39, 0.29) is 18.0 Å². The molecule has 3 aromatic rings. The molecule has 3 rings (SSSR count). The number of carbonyl (C=O) groups excluding carboxylic acids is 1. The lowest BCUT2D eigenvalue weighted by Gasteiger charge is -2.09. The maximum atomic E-state index is 12.3. The summed E-state index contributed by atoms with van der Waals surface area (Å²) in [7, 11) is 0. The lowest BCUT2D eigenvalue weighted by Crippen LogP contribution is -2.27. The molecule has 2 aromatic carbocycles. The van der Waals surface area contributed by atoms with Crippen molar-refractivity contribution in [2.75, 3.05) is 11.6 Å². The van der Waals surface area contributed by atoms with Crippen molar-refractivity contribution in [2.24, 2.45) is 0 Å². The van der Waals surface area contributed by atoms with Crippen molar-refractivity contribution in [3.8, 4) is 11.3 Å². The first-order valence-electron chi connectivity index (χ1n) is 7.71. The Kier molecular flexibility index (Phi) is 5.30. The highest BCUT2D eigenvalue weighted by molar-refractivity contribution is 7.98. The zero-order valence-corrected chi connectivity index (χ0v) is 14.5. The van der Waals surface area contributed by atoms with Crippen molar-refractivity contribution < 1.29 is 4.79 Å². The molecular formula is C19H17N3O2S. The average molecular weight is 351 g/mol. The van der Waals surface area contributed by atoms with Crippen LogP contribution in [0.25, 0.3) is 11.3 Å². The summed E-state index contributed by atoms with van der Waals surface area (Å²) >= 11 is 1.60. The van der Waals surface area contributed by atoms with Gasteiger partial charge in [0.15, 0.2) is 0 Å². The molecule has 0 aliphatic carbocycles. The summed E-state index contributed by atoms with van der Waals surface area (Å²) in [4.78, 5) is 29.5. The fourth-order valence-electron chi connectivity index (χ4n) is 2.38. The Morgan fingerprint density at radius 1 is 1.16 bits per heavy atom. The van der Waals surface area contributed by atoms with E-state index in [0.29, 0.717) is 11.4 Å². The minimum Gasteiger partial charge on any atom is -0.324 e. The number of nitrogens with one attached hydrogen (secondary N) is 1. The first kappa shape index (κ1) is 17.0. The lowest BCUT2D eigenvalue weighted by molar-refractivity contribution is -0.116. The molecule has 6 heteroatoms. The van der Waals surface area contributed by atoms with Crippen LogP contribution < -0.4 is 10.9 Å². The molecule has 0 unspecified atom stereocenters. The summed E-state index contributed by atoms with van der Waals surface area (Å²) in [6, 6.07) is 17.1. The van der Waals surface area contributed by atoms with Crippen LogP contribution in [0.5, 0.6) is 0 Å². The molecule has 0 radical (unpaired) electrons. The maximum Gasteiger partial charge on any atom is 0.269 e. The highest BCUT2D eigenvalue weighted by atomic mass is 32.2. The maximum absolute atomic E-state index is 12.3. The van der Waals surface area contributed by atoms with E-state index in [1.165, 1.54) is 10.8 Å². The number of hydrogen-bond acceptors (Lipinski definition) is 4. The van der Waals surface area contributed by atoms with E-state index in [1.54, 1.807) is 18.0 Å². The Morgan fingerprint density at radius 3 is 2.72 bits per heavy atom. The monoisotopic (exact) mass is 351 g/mol. The predicted octanol–water partition coefficient (Wildman–Crippen LogP) is 3.27. The second-order valence-corrected chi connectivity index (χ2v) is 6.26. The summed E-state index contributed by atoms with van der Waals surface area (Å²) in [5.74, 6) is -0.259. The summed E-state index contributed by atoms with van der Waals surface area (Å²) in [5.41, 5.74) is 1.94. The molecular weight excluding hydrogens is 334 g/mol. The largest absolute Gasteiger partial charge is 0.324 e. The Balaban J connectivity index is 1.78. The predicted molar refractivity (Wildman–Crippen MR) is 101 cm³/mol. The van der Waals surface area contributed by atoms with E-state index in [4.69, 9.17) is 0 Å². The number of anilines is 1. The summed E-state index contributed by atoms with van der Waals surface area (Å²) in [5, 5.41) is 2.82. The Morgan fingerprint density at radius 2 is 1.96 bits per heavy atom. The van der Waals surface area contributed by atoms with Crippen molar-refractivity contribution >= 4 is 23.4 Å². The lowest BCUT2D eigenvalue weighted by atomic mass is 10.2. The van der Waals surface area contributed by atoms with Crippen LogP contribution >= 0.6 is 11.8 Å². The Hall–Kier alpha value is -2.86. The van der Waals surface area contributed by atoms with Crippen LogP contribution in [-0.4, -0.2) is 21.7 Å². The molecule has 0 spiro atoms. The van der Waals surface area contributed by atoms with Crippen LogP contribution in [0.1, 0.15) is 0 Å². The molecule has 1 amide bonds. The number of nitrogens with zero attached hydrogens (tertiary/aromatic N) is 2. The summed E-state index contributed by atoms with van der Waals surface area (Å²) < 4.78 is 1.36. The number of benzene rings is 2. The minimum absolute atomic E-state index is 0.0648. The van der Waals surface area contributed by atoms with Crippen LogP contribution in [0.3, 0.4) is 0 Å². The van der Waals surface area contributed by atoms with Crippen LogP contribution in [0.2, 0.25) is 0 Å². The van der Waals surface area contributed by atoms with Gasteiger partial charge >= 0.3 is 0 Å².